The molecule has 108 valence electrons. The minimum Gasteiger partial charge on any atom is -0.464 e. The minimum atomic E-state index is 0.956. The molecular formula is C20H17NO. The van der Waals surface area contributed by atoms with Gasteiger partial charge in [-0.2, -0.15) is 0 Å². The van der Waals surface area contributed by atoms with Gasteiger partial charge in [0.05, 0.1) is 6.26 Å². The third kappa shape index (κ3) is 3.76. The van der Waals surface area contributed by atoms with Gasteiger partial charge in [-0.1, -0.05) is 48.5 Å². The summed E-state index contributed by atoms with van der Waals surface area (Å²) in [5.74, 6) is 0.956. The van der Waals surface area contributed by atoms with Crippen LogP contribution in [0, 0.1) is 0 Å². The molecule has 2 nitrogen and oxygen atoms in total. The van der Waals surface area contributed by atoms with Crippen molar-refractivity contribution >= 4 is 11.4 Å². The first-order valence-corrected chi connectivity index (χ1v) is 7.21. The molecule has 0 radical (unpaired) electrons. The Kier molecular flexibility index (Phi) is 4.53. The van der Waals surface area contributed by atoms with E-state index in [4.69, 9.17) is 4.42 Å². The van der Waals surface area contributed by atoms with Gasteiger partial charge in [-0.3, -0.25) is 0 Å². The average Bonchev–Trinajstić information content (AvgIpc) is 3.06. The lowest BCUT2D eigenvalue weighted by atomic mass is 10.3. The summed E-state index contributed by atoms with van der Waals surface area (Å²) in [5.41, 5.74) is 3.40. The van der Waals surface area contributed by atoms with Gasteiger partial charge in [-0.25, -0.2) is 0 Å². The summed E-state index contributed by atoms with van der Waals surface area (Å²) in [5, 5.41) is 3.30. The van der Waals surface area contributed by atoms with E-state index in [0.29, 0.717) is 0 Å². The van der Waals surface area contributed by atoms with E-state index in [2.05, 4.69) is 5.32 Å². The predicted molar refractivity (Wildman–Crippen MR) is 91.5 cm³/mol. The maximum Gasteiger partial charge on any atom is 0.133 e. The predicted octanol–water partition coefficient (Wildman–Crippen LogP) is 5.81. The topological polar surface area (TPSA) is 25.2 Å². The SMILES string of the molecule is c1ccc(Nc2ccccc2)cc1.c1coc2cccc-2c1. The number of benzene rings is 2. The molecule has 22 heavy (non-hydrogen) atoms. The van der Waals surface area contributed by atoms with Crippen molar-refractivity contribution in [3.8, 4) is 11.3 Å². The molecule has 2 aliphatic rings. The lowest BCUT2D eigenvalue weighted by molar-refractivity contribution is 0.567. The first-order chi connectivity index (χ1) is 10.9. The smallest absolute Gasteiger partial charge is 0.133 e. The molecule has 0 aromatic heterocycles. The van der Waals surface area contributed by atoms with Crippen LogP contribution in [0.25, 0.3) is 11.3 Å². The Labute approximate surface area is 130 Å². The average molecular weight is 287 g/mol. The van der Waals surface area contributed by atoms with Crippen LogP contribution in [-0.2, 0) is 0 Å². The summed E-state index contributed by atoms with van der Waals surface area (Å²) in [4.78, 5) is 0. The molecule has 0 amide bonds. The molecule has 0 saturated heterocycles. The molecule has 0 saturated carbocycles. The second-order valence-corrected chi connectivity index (χ2v) is 4.82. The van der Waals surface area contributed by atoms with Crippen LogP contribution < -0.4 is 5.32 Å². The highest BCUT2D eigenvalue weighted by molar-refractivity contribution is 5.59. The quantitative estimate of drug-likeness (QED) is 0.503. The monoisotopic (exact) mass is 287 g/mol. The van der Waals surface area contributed by atoms with Crippen LogP contribution in [0.2, 0.25) is 0 Å². The summed E-state index contributed by atoms with van der Waals surface area (Å²) >= 11 is 0. The minimum absolute atomic E-state index is 0.956. The lowest BCUT2D eigenvalue weighted by Crippen LogP contribution is -1.87. The van der Waals surface area contributed by atoms with E-state index in [-0.39, 0.29) is 0 Å². The van der Waals surface area contributed by atoms with Crippen molar-refractivity contribution in [1.82, 2.24) is 0 Å². The van der Waals surface area contributed by atoms with Gasteiger partial charge in [0.2, 0.25) is 0 Å². The molecule has 0 spiro atoms. The molecule has 2 heteroatoms. The van der Waals surface area contributed by atoms with E-state index in [0.717, 1.165) is 22.7 Å². The van der Waals surface area contributed by atoms with E-state index in [1.54, 1.807) is 6.26 Å². The molecule has 1 aliphatic carbocycles. The van der Waals surface area contributed by atoms with Crippen LogP contribution in [0.5, 0.6) is 0 Å². The zero-order chi connectivity index (χ0) is 15.0. The molecule has 0 unspecified atom stereocenters. The van der Waals surface area contributed by atoms with Crippen LogP contribution in [0.1, 0.15) is 0 Å². The Morgan fingerprint density at radius 2 is 1.14 bits per heavy atom. The number of hydrogen-bond donors (Lipinski definition) is 1. The third-order valence-corrected chi connectivity index (χ3v) is 3.19. The molecular weight excluding hydrogens is 270 g/mol. The fourth-order valence-corrected chi connectivity index (χ4v) is 2.13. The lowest BCUT2D eigenvalue weighted by Gasteiger charge is -2.04. The van der Waals surface area contributed by atoms with E-state index in [1.807, 2.05) is 91.0 Å². The van der Waals surface area contributed by atoms with E-state index < -0.39 is 0 Å². The molecule has 0 bridgehead atoms. The van der Waals surface area contributed by atoms with Gasteiger partial charge in [0.15, 0.2) is 0 Å². The summed E-state index contributed by atoms with van der Waals surface area (Å²) in [7, 11) is 0. The van der Waals surface area contributed by atoms with Gasteiger partial charge in [-0.15, -0.1) is 0 Å². The van der Waals surface area contributed by atoms with E-state index in [1.165, 1.54) is 0 Å². The van der Waals surface area contributed by atoms with Crippen molar-refractivity contribution in [3.63, 3.8) is 0 Å². The van der Waals surface area contributed by atoms with Gasteiger partial charge in [-0.05, 0) is 42.5 Å². The maximum atomic E-state index is 5.15. The van der Waals surface area contributed by atoms with Gasteiger partial charge in [0, 0.05) is 16.9 Å². The number of para-hydroxylation sites is 2. The Morgan fingerprint density at radius 1 is 0.545 bits per heavy atom. The van der Waals surface area contributed by atoms with Crippen molar-refractivity contribution in [2.75, 3.05) is 5.32 Å². The molecule has 0 fully saturated rings. The zero-order valence-corrected chi connectivity index (χ0v) is 12.1. The molecule has 2 aromatic carbocycles. The summed E-state index contributed by atoms with van der Waals surface area (Å²) < 4.78 is 5.15. The van der Waals surface area contributed by atoms with Crippen LogP contribution in [0.15, 0.2) is 102 Å². The highest BCUT2D eigenvalue weighted by Crippen LogP contribution is 2.20. The van der Waals surface area contributed by atoms with Crippen molar-refractivity contribution < 1.29 is 4.42 Å². The van der Waals surface area contributed by atoms with Gasteiger partial charge in [0.25, 0.3) is 0 Å². The second-order valence-electron chi connectivity index (χ2n) is 4.82. The van der Waals surface area contributed by atoms with Crippen molar-refractivity contribution in [3.05, 3.63) is 97.3 Å². The van der Waals surface area contributed by atoms with Gasteiger partial charge >= 0.3 is 0 Å². The molecule has 1 heterocycles. The van der Waals surface area contributed by atoms with Crippen LogP contribution in [-0.4, -0.2) is 0 Å². The Bertz CT molecular complexity index is 697. The van der Waals surface area contributed by atoms with E-state index >= 15 is 0 Å². The highest BCUT2D eigenvalue weighted by Gasteiger charge is 1.98. The number of hydrogen-bond acceptors (Lipinski definition) is 2. The van der Waals surface area contributed by atoms with Crippen LogP contribution in [0.3, 0.4) is 0 Å². The summed E-state index contributed by atoms with van der Waals surface area (Å²) in [6, 6.07) is 30.2. The normalized spacial score (nSPS) is 9.82. The van der Waals surface area contributed by atoms with Gasteiger partial charge in [0.1, 0.15) is 5.76 Å². The van der Waals surface area contributed by atoms with Crippen LogP contribution >= 0.6 is 0 Å². The Hall–Kier alpha value is -3.00. The van der Waals surface area contributed by atoms with Crippen molar-refractivity contribution in [1.29, 1.82) is 0 Å². The number of nitrogens with one attached hydrogen (secondary N) is 1. The second kappa shape index (κ2) is 7.14. The third-order valence-electron chi connectivity index (χ3n) is 3.19. The summed E-state index contributed by atoms with van der Waals surface area (Å²) in [6.07, 6.45) is 1.68. The zero-order valence-electron chi connectivity index (χ0n) is 12.1. The highest BCUT2D eigenvalue weighted by atomic mass is 16.3. The van der Waals surface area contributed by atoms with Crippen LogP contribution in [0.4, 0.5) is 11.4 Å². The largest absolute Gasteiger partial charge is 0.464 e. The fourth-order valence-electron chi connectivity index (χ4n) is 2.13. The van der Waals surface area contributed by atoms with Gasteiger partial charge < -0.3 is 9.73 Å². The maximum absolute atomic E-state index is 5.15. The molecule has 4 rings (SSSR count). The Morgan fingerprint density at radius 3 is 1.73 bits per heavy atom. The standard InChI is InChI=1S/C12H11N.C8H6O/c1-3-7-11(8-4-1)13-12-9-5-2-6-10-12;1-3-7-4-2-6-9-8(7)5-1/h1-10,13H;1-6H. The number of rotatable bonds is 2. The van der Waals surface area contributed by atoms with E-state index in [9.17, 15) is 0 Å². The number of anilines is 2. The fraction of sp³-hybridized carbons (Fsp3) is 0. The van der Waals surface area contributed by atoms with Crippen molar-refractivity contribution in [2.45, 2.75) is 0 Å². The number of fused-ring (bicyclic) bond motifs is 1. The molecule has 0 atom stereocenters. The molecule has 1 aliphatic heterocycles. The Balaban J connectivity index is 0.000000139. The molecule has 1 N–H and O–H groups in total. The first-order valence-electron chi connectivity index (χ1n) is 7.21. The van der Waals surface area contributed by atoms with Crippen molar-refractivity contribution in [2.24, 2.45) is 0 Å². The first kappa shape index (κ1) is 14.0. The molecule has 2 aromatic rings. The summed E-state index contributed by atoms with van der Waals surface area (Å²) in [6.45, 7) is 0.